The van der Waals surface area contributed by atoms with Crippen LogP contribution in [0.2, 0.25) is 0 Å². The molecule has 142 valence electrons. The molecule has 0 spiro atoms. The van der Waals surface area contributed by atoms with Gasteiger partial charge in [0.15, 0.2) is 0 Å². The van der Waals surface area contributed by atoms with E-state index in [1.807, 2.05) is 18.2 Å². The largest absolute Gasteiger partial charge is 0.457 e. The number of carbonyl (C=O) groups excluding carboxylic acids is 1. The number of rotatable bonds is 7. The summed E-state index contributed by atoms with van der Waals surface area (Å²) in [5.74, 6) is -0.0947. The summed E-state index contributed by atoms with van der Waals surface area (Å²) in [7, 11) is 0. The highest BCUT2D eigenvalue weighted by molar-refractivity contribution is 5.91. The maximum Gasteiger partial charge on any atom is 0.267 e. The van der Waals surface area contributed by atoms with Gasteiger partial charge >= 0.3 is 0 Å². The average Bonchev–Trinajstić information content (AvgIpc) is 2.74. The SMILES string of the molecule is O=C(C=Cc1cc(NCc2cccnc2)ccc1Oc1ccc(F)cc1)NO. The standard InChI is InChI=1S/C21H18FN3O3/c22-17-4-7-19(8-5-17)28-20-9-6-18(12-16(20)3-10-21(26)25-27)24-14-15-2-1-11-23-13-15/h1-13,24,27H,14H2,(H,25,26). The summed E-state index contributed by atoms with van der Waals surface area (Å²) in [6.07, 6.45) is 6.17. The molecule has 1 aromatic heterocycles. The fourth-order valence-corrected chi connectivity index (χ4v) is 2.42. The zero-order valence-corrected chi connectivity index (χ0v) is 14.8. The van der Waals surface area contributed by atoms with Gasteiger partial charge in [0.25, 0.3) is 5.91 Å². The molecule has 0 aliphatic carbocycles. The van der Waals surface area contributed by atoms with E-state index < -0.39 is 5.91 Å². The first-order chi connectivity index (χ1) is 13.6. The Kier molecular flexibility index (Phi) is 6.33. The van der Waals surface area contributed by atoms with Gasteiger partial charge in [0.2, 0.25) is 0 Å². The van der Waals surface area contributed by atoms with Crippen LogP contribution >= 0.6 is 0 Å². The molecule has 1 heterocycles. The molecule has 3 rings (SSSR count). The van der Waals surface area contributed by atoms with Crippen molar-refractivity contribution in [3.63, 3.8) is 0 Å². The first-order valence-electron chi connectivity index (χ1n) is 8.46. The van der Waals surface area contributed by atoms with E-state index in [0.29, 0.717) is 23.6 Å². The lowest BCUT2D eigenvalue weighted by Gasteiger charge is -2.12. The van der Waals surface area contributed by atoms with Gasteiger partial charge in [0.05, 0.1) is 0 Å². The molecular formula is C21H18FN3O3. The Bertz CT molecular complexity index is 960. The summed E-state index contributed by atoms with van der Waals surface area (Å²) in [6.45, 7) is 0.576. The quantitative estimate of drug-likeness (QED) is 0.326. The average molecular weight is 379 g/mol. The molecule has 0 atom stereocenters. The van der Waals surface area contributed by atoms with E-state index in [-0.39, 0.29) is 5.82 Å². The number of hydroxylamine groups is 1. The summed E-state index contributed by atoms with van der Waals surface area (Å²) >= 11 is 0. The highest BCUT2D eigenvalue weighted by Gasteiger charge is 2.06. The fraction of sp³-hybridized carbons (Fsp3) is 0.0476. The summed E-state index contributed by atoms with van der Waals surface area (Å²) in [5, 5.41) is 11.9. The first kappa shape index (κ1) is 19.1. The van der Waals surface area contributed by atoms with E-state index in [1.165, 1.54) is 36.4 Å². The minimum absolute atomic E-state index is 0.359. The summed E-state index contributed by atoms with van der Waals surface area (Å²) in [4.78, 5) is 15.4. The Morgan fingerprint density at radius 2 is 2.00 bits per heavy atom. The van der Waals surface area contributed by atoms with E-state index >= 15 is 0 Å². The molecule has 0 unspecified atom stereocenters. The Morgan fingerprint density at radius 1 is 1.18 bits per heavy atom. The Hall–Kier alpha value is -3.71. The smallest absolute Gasteiger partial charge is 0.267 e. The molecular weight excluding hydrogens is 361 g/mol. The van der Waals surface area contributed by atoms with Crippen molar-refractivity contribution in [2.75, 3.05) is 5.32 Å². The first-order valence-corrected chi connectivity index (χ1v) is 8.46. The predicted octanol–water partition coefficient (Wildman–Crippen LogP) is 4.14. The molecule has 2 aromatic carbocycles. The predicted molar refractivity (Wildman–Crippen MR) is 103 cm³/mol. The highest BCUT2D eigenvalue weighted by Crippen LogP contribution is 2.29. The van der Waals surface area contributed by atoms with Crippen LogP contribution in [0.25, 0.3) is 6.08 Å². The maximum absolute atomic E-state index is 13.1. The zero-order chi connectivity index (χ0) is 19.8. The van der Waals surface area contributed by atoms with Crippen LogP contribution in [-0.2, 0) is 11.3 Å². The number of nitrogens with zero attached hydrogens (tertiary/aromatic N) is 1. The van der Waals surface area contributed by atoms with Gasteiger partial charge in [0.1, 0.15) is 17.3 Å². The van der Waals surface area contributed by atoms with Crippen LogP contribution < -0.4 is 15.5 Å². The summed E-state index contributed by atoms with van der Waals surface area (Å²) < 4.78 is 18.9. The number of benzene rings is 2. The van der Waals surface area contributed by atoms with Crippen LogP contribution in [0.1, 0.15) is 11.1 Å². The van der Waals surface area contributed by atoms with Gasteiger partial charge in [-0.1, -0.05) is 6.07 Å². The molecule has 0 aliphatic heterocycles. The van der Waals surface area contributed by atoms with Crippen molar-refractivity contribution in [3.8, 4) is 11.5 Å². The third-order valence-corrected chi connectivity index (χ3v) is 3.80. The normalized spacial score (nSPS) is 10.6. The number of hydrogen-bond donors (Lipinski definition) is 3. The van der Waals surface area contributed by atoms with Gasteiger partial charge in [-0.2, -0.15) is 0 Å². The van der Waals surface area contributed by atoms with Crippen molar-refractivity contribution < 1.29 is 19.1 Å². The number of aromatic nitrogens is 1. The van der Waals surface area contributed by atoms with E-state index in [9.17, 15) is 9.18 Å². The molecule has 0 aliphatic rings. The van der Waals surface area contributed by atoms with Crippen LogP contribution in [0, 0.1) is 5.82 Å². The van der Waals surface area contributed by atoms with E-state index in [0.717, 1.165) is 11.3 Å². The summed E-state index contributed by atoms with van der Waals surface area (Å²) in [5.41, 5.74) is 3.97. The van der Waals surface area contributed by atoms with Crippen molar-refractivity contribution in [3.05, 3.63) is 90.0 Å². The Morgan fingerprint density at radius 3 is 2.71 bits per heavy atom. The molecule has 3 N–H and O–H groups in total. The molecule has 28 heavy (non-hydrogen) atoms. The second kappa shape index (κ2) is 9.29. The number of hydrogen-bond acceptors (Lipinski definition) is 5. The van der Waals surface area contributed by atoms with Crippen LogP contribution in [0.5, 0.6) is 11.5 Å². The van der Waals surface area contributed by atoms with Gasteiger partial charge in [-0.25, -0.2) is 9.87 Å². The van der Waals surface area contributed by atoms with Gasteiger partial charge in [-0.15, -0.1) is 0 Å². The van der Waals surface area contributed by atoms with Crippen molar-refractivity contribution in [2.45, 2.75) is 6.54 Å². The molecule has 1 amide bonds. The molecule has 0 fully saturated rings. The van der Waals surface area contributed by atoms with Crippen LogP contribution in [0.4, 0.5) is 10.1 Å². The minimum Gasteiger partial charge on any atom is -0.457 e. The third-order valence-electron chi connectivity index (χ3n) is 3.80. The fourth-order valence-electron chi connectivity index (χ4n) is 2.42. The van der Waals surface area contributed by atoms with Crippen LogP contribution in [-0.4, -0.2) is 16.1 Å². The lowest BCUT2D eigenvalue weighted by atomic mass is 10.1. The number of ether oxygens (including phenoxy) is 1. The van der Waals surface area contributed by atoms with Crippen molar-refractivity contribution in [1.82, 2.24) is 10.5 Å². The number of anilines is 1. The van der Waals surface area contributed by atoms with Crippen molar-refractivity contribution in [2.24, 2.45) is 0 Å². The van der Waals surface area contributed by atoms with Crippen molar-refractivity contribution >= 4 is 17.7 Å². The molecule has 3 aromatic rings. The number of carbonyl (C=O) groups is 1. The minimum atomic E-state index is -0.665. The Labute approximate surface area is 161 Å². The van der Waals surface area contributed by atoms with Crippen LogP contribution in [0.3, 0.4) is 0 Å². The molecule has 0 radical (unpaired) electrons. The third kappa shape index (κ3) is 5.39. The van der Waals surface area contributed by atoms with E-state index in [2.05, 4.69) is 10.3 Å². The van der Waals surface area contributed by atoms with Gasteiger partial charge in [-0.3, -0.25) is 15.0 Å². The lowest BCUT2D eigenvalue weighted by Crippen LogP contribution is -2.14. The van der Waals surface area contributed by atoms with Crippen molar-refractivity contribution in [1.29, 1.82) is 0 Å². The van der Waals surface area contributed by atoms with Gasteiger partial charge < -0.3 is 10.1 Å². The van der Waals surface area contributed by atoms with Gasteiger partial charge in [0, 0.05) is 36.3 Å². The lowest BCUT2D eigenvalue weighted by molar-refractivity contribution is -0.124. The molecule has 7 heteroatoms. The Balaban J connectivity index is 1.82. The monoisotopic (exact) mass is 379 g/mol. The molecule has 0 bridgehead atoms. The van der Waals surface area contributed by atoms with E-state index in [4.69, 9.17) is 9.94 Å². The second-order valence-corrected chi connectivity index (χ2v) is 5.83. The van der Waals surface area contributed by atoms with Crippen LogP contribution in [0.15, 0.2) is 73.1 Å². The topological polar surface area (TPSA) is 83.5 Å². The zero-order valence-electron chi connectivity index (χ0n) is 14.8. The van der Waals surface area contributed by atoms with E-state index in [1.54, 1.807) is 30.0 Å². The number of amides is 1. The number of halogens is 1. The number of nitrogens with one attached hydrogen (secondary N) is 2. The molecule has 0 saturated heterocycles. The second-order valence-electron chi connectivity index (χ2n) is 5.83. The molecule has 6 nitrogen and oxygen atoms in total. The highest BCUT2D eigenvalue weighted by atomic mass is 19.1. The maximum atomic E-state index is 13.1. The molecule has 0 saturated carbocycles. The number of pyridine rings is 1. The van der Waals surface area contributed by atoms with Gasteiger partial charge in [-0.05, 0) is 60.2 Å². The summed E-state index contributed by atoms with van der Waals surface area (Å²) in [6, 6.07) is 14.8.